The van der Waals surface area contributed by atoms with Gasteiger partial charge in [0, 0.05) is 0 Å². The summed E-state index contributed by atoms with van der Waals surface area (Å²) in [6, 6.07) is 2.34. The number of aldehydes is 1. The number of rotatable bonds is 3. The van der Waals surface area contributed by atoms with Crippen LogP contribution in [0.3, 0.4) is 0 Å². The number of hydrogen-bond acceptors (Lipinski definition) is 5. The molecule has 1 rings (SSSR count). The molecule has 0 aromatic carbocycles. The van der Waals surface area contributed by atoms with Crippen LogP contribution < -0.4 is 0 Å². The molecule has 1 aromatic heterocycles. The Balaban J connectivity index is 3.13. The number of aliphatic hydroxyl groups excluding tert-OH is 1. The summed E-state index contributed by atoms with van der Waals surface area (Å²) in [5.41, 5.74) is 0. The monoisotopic (exact) mass is 190 g/mol. The van der Waals surface area contributed by atoms with E-state index in [1.54, 1.807) is 0 Å². The van der Waals surface area contributed by atoms with Crippen molar-refractivity contribution in [1.82, 2.24) is 0 Å². The van der Waals surface area contributed by atoms with E-state index in [-0.39, 0.29) is 5.76 Å². The predicted octanol–water partition coefficient (Wildman–Crippen LogP) is -0.184. The van der Waals surface area contributed by atoms with E-state index in [1.807, 2.05) is 0 Å². The minimum atomic E-state index is -3.76. The molecular formula is C6H6O5S. The molecule has 0 amide bonds. The van der Waals surface area contributed by atoms with Crippen LogP contribution in [-0.2, 0) is 9.84 Å². The van der Waals surface area contributed by atoms with Gasteiger partial charge in [0.2, 0.25) is 14.9 Å². The van der Waals surface area contributed by atoms with Crippen LogP contribution in [0.2, 0.25) is 0 Å². The first kappa shape index (κ1) is 8.95. The Kier molecular flexibility index (Phi) is 2.30. The second-order valence-electron chi connectivity index (χ2n) is 2.02. The maximum absolute atomic E-state index is 10.9. The SMILES string of the molecule is O=Cc1ccc(S(=O)(=O)CO)o1. The number of aliphatic hydroxyl groups is 1. The molecule has 0 aliphatic rings. The van der Waals surface area contributed by atoms with Gasteiger partial charge in [0.25, 0.3) is 0 Å². The molecule has 1 heterocycles. The second kappa shape index (κ2) is 3.08. The smallest absolute Gasteiger partial charge is 0.234 e. The lowest BCUT2D eigenvalue weighted by Crippen LogP contribution is -2.03. The van der Waals surface area contributed by atoms with Crippen LogP contribution in [0.15, 0.2) is 21.6 Å². The molecule has 0 spiro atoms. The third kappa shape index (κ3) is 1.54. The first-order valence-corrected chi connectivity index (χ1v) is 4.64. The molecule has 1 N–H and O–H groups in total. The van der Waals surface area contributed by atoms with E-state index in [0.29, 0.717) is 6.29 Å². The van der Waals surface area contributed by atoms with Crippen LogP contribution in [0.4, 0.5) is 0 Å². The molecule has 0 aliphatic carbocycles. The third-order valence-electron chi connectivity index (χ3n) is 1.19. The summed E-state index contributed by atoms with van der Waals surface area (Å²) in [5, 5.41) is 8.00. The van der Waals surface area contributed by atoms with E-state index in [2.05, 4.69) is 4.42 Å². The fraction of sp³-hybridized carbons (Fsp3) is 0.167. The topological polar surface area (TPSA) is 84.6 Å². The van der Waals surface area contributed by atoms with Gasteiger partial charge in [0.15, 0.2) is 18.0 Å². The summed E-state index contributed by atoms with van der Waals surface area (Å²) in [6.07, 6.45) is 0.385. The van der Waals surface area contributed by atoms with E-state index >= 15 is 0 Å². The molecule has 66 valence electrons. The van der Waals surface area contributed by atoms with Crippen molar-refractivity contribution in [3.05, 3.63) is 17.9 Å². The van der Waals surface area contributed by atoms with E-state index in [9.17, 15) is 13.2 Å². The largest absolute Gasteiger partial charge is 0.442 e. The molecular weight excluding hydrogens is 184 g/mol. The van der Waals surface area contributed by atoms with Crippen molar-refractivity contribution in [3.63, 3.8) is 0 Å². The fourth-order valence-corrected chi connectivity index (χ4v) is 1.25. The normalized spacial score (nSPS) is 11.4. The molecule has 0 saturated heterocycles. The lowest BCUT2D eigenvalue weighted by molar-refractivity contribution is 0.109. The number of carbonyl (C=O) groups is 1. The van der Waals surface area contributed by atoms with Crippen molar-refractivity contribution in [2.24, 2.45) is 0 Å². The fourth-order valence-electron chi connectivity index (χ4n) is 0.628. The van der Waals surface area contributed by atoms with Crippen molar-refractivity contribution in [2.75, 3.05) is 5.94 Å². The zero-order valence-electron chi connectivity index (χ0n) is 5.93. The Morgan fingerprint density at radius 3 is 2.58 bits per heavy atom. The standard InChI is InChI=1S/C6H6O5S/c7-3-5-1-2-6(11-5)12(9,10)4-8/h1-3,8H,4H2. The van der Waals surface area contributed by atoms with Crippen molar-refractivity contribution < 1.29 is 22.7 Å². The predicted molar refractivity (Wildman–Crippen MR) is 38.4 cm³/mol. The molecule has 6 heteroatoms. The molecule has 0 saturated carbocycles. The zero-order valence-corrected chi connectivity index (χ0v) is 6.74. The van der Waals surface area contributed by atoms with Crippen molar-refractivity contribution in [1.29, 1.82) is 0 Å². The van der Waals surface area contributed by atoms with Crippen LogP contribution in [0, 0.1) is 0 Å². The Bertz CT molecular complexity index is 374. The average molecular weight is 190 g/mol. The highest BCUT2D eigenvalue weighted by molar-refractivity contribution is 7.91. The van der Waals surface area contributed by atoms with Crippen LogP contribution in [-0.4, -0.2) is 25.7 Å². The van der Waals surface area contributed by atoms with Crippen molar-refractivity contribution in [2.45, 2.75) is 5.09 Å². The lowest BCUT2D eigenvalue weighted by atomic mass is 10.5. The molecule has 0 bridgehead atoms. The van der Waals surface area contributed by atoms with Gasteiger partial charge in [-0.1, -0.05) is 0 Å². The van der Waals surface area contributed by atoms with Gasteiger partial charge in [-0.2, -0.15) is 0 Å². The van der Waals surface area contributed by atoms with Gasteiger partial charge < -0.3 is 9.52 Å². The molecule has 0 atom stereocenters. The molecule has 0 radical (unpaired) electrons. The Labute approximate surface area is 68.5 Å². The highest BCUT2D eigenvalue weighted by atomic mass is 32.2. The molecule has 5 nitrogen and oxygen atoms in total. The highest BCUT2D eigenvalue weighted by Crippen LogP contribution is 2.13. The van der Waals surface area contributed by atoms with Crippen molar-refractivity contribution >= 4 is 16.1 Å². The van der Waals surface area contributed by atoms with E-state index in [4.69, 9.17) is 5.11 Å². The van der Waals surface area contributed by atoms with Gasteiger partial charge in [0.1, 0.15) is 0 Å². The van der Waals surface area contributed by atoms with Crippen molar-refractivity contribution in [3.8, 4) is 0 Å². The number of furan rings is 1. The van der Waals surface area contributed by atoms with Gasteiger partial charge in [-0.05, 0) is 12.1 Å². The van der Waals surface area contributed by atoms with E-state index < -0.39 is 20.9 Å². The summed E-state index contributed by atoms with van der Waals surface area (Å²) in [5.74, 6) is -1.11. The minimum absolute atomic E-state index is 0.0815. The molecule has 0 aliphatic heterocycles. The summed E-state index contributed by atoms with van der Waals surface area (Å²) in [4.78, 5) is 10.1. The third-order valence-corrected chi connectivity index (χ3v) is 2.37. The van der Waals surface area contributed by atoms with Crippen LogP contribution in [0.5, 0.6) is 0 Å². The molecule has 0 fully saturated rings. The number of hydrogen-bond donors (Lipinski definition) is 1. The maximum atomic E-state index is 10.9. The Morgan fingerprint density at radius 2 is 2.17 bits per heavy atom. The quantitative estimate of drug-likeness (QED) is 0.668. The molecule has 12 heavy (non-hydrogen) atoms. The van der Waals surface area contributed by atoms with E-state index in [1.165, 1.54) is 6.07 Å². The number of sulfone groups is 1. The first-order chi connectivity index (χ1) is 5.60. The van der Waals surface area contributed by atoms with E-state index in [0.717, 1.165) is 6.07 Å². The average Bonchev–Trinajstić information content (AvgIpc) is 2.52. The summed E-state index contributed by atoms with van der Waals surface area (Å²) in [6.45, 7) is 0. The lowest BCUT2D eigenvalue weighted by Gasteiger charge is -1.92. The molecule has 0 unspecified atom stereocenters. The summed E-state index contributed by atoms with van der Waals surface area (Å²) in [7, 11) is -3.76. The van der Waals surface area contributed by atoms with Gasteiger partial charge in [-0.3, -0.25) is 4.79 Å². The second-order valence-corrected chi connectivity index (χ2v) is 3.91. The van der Waals surface area contributed by atoms with Crippen LogP contribution in [0.1, 0.15) is 10.6 Å². The van der Waals surface area contributed by atoms with Crippen LogP contribution >= 0.6 is 0 Å². The van der Waals surface area contributed by atoms with Gasteiger partial charge in [0.05, 0.1) is 0 Å². The van der Waals surface area contributed by atoms with Gasteiger partial charge >= 0.3 is 0 Å². The molecule has 1 aromatic rings. The first-order valence-electron chi connectivity index (χ1n) is 2.99. The van der Waals surface area contributed by atoms with Gasteiger partial charge in [-0.25, -0.2) is 8.42 Å². The Hall–Kier alpha value is -1.14. The Morgan fingerprint density at radius 1 is 1.50 bits per heavy atom. The number of carbonyl (C=O) groups excluding carboxylic acids is 1. The highest BCUT2D eigenvalue weighted by Gasteiger charge is 2.16. The summed E-state index contributed by atoms with van der Waals surface area (Å²) < 4.78 is 26.3. The minimum Gasteiger partial charge on any atom is -0.442 e. The maximum Gasteiger partial charge on any atom is 0.234 e. The van der Waals surface area contributed by atoms with Crippen LogP contribution in [0.25, 0.3) is 0 Å². The zero-order chi connectivity index (χ0) is 9.19. The van der Waals surface area contributed by atoms with Gasteiger partial charge in [-0.15, -0.1) is 0 Å². The summed E-state index contributed by atoms with van der Waals surface area (Å²) >= 11 is 0.